The number of rotatable bonds is 6. The summed E-state index contributed by atoms with van der Waals surface area (Å²) in [6.45, 7) is 1.39. The molecule has 4 rings (SSSR count). The van der Waals surface area contributed by atoms with Crippen LogP contribution in [0.4, 0.5) is 0 Å². The third-order valence-corrected chi connectivity index (χ3v) is 5.14. The van der Waals surface area contributed by atoms with E-state index in [0.717, 1.165) is 30.9 Å². The van der Waals surface area contributed by atoms with E-state index in [1.807, 2.05) is 35.3 Å². The van der Waals surface area contributed by atoms with Crippen molar-refractivity contribution in [3.8, 4) is 5.69 Å². The van der Waals surface area contributed by atoms with E-state index in [-0.39, 0.29) is 12.1 Å². The first-order valence-corrected chi connectivity index (χ1v) is 9.24. The Labute approximate surface area is 157 Å². The lowest BCUT2D eigenvalue weighted by Gasteiger charge is -2.17. The first-order valence-electron chi connectivity index (χ1n) is 8.86. The fourth-order valence-corrected chi connectivity index (χ4v) is 3.86. The molecule has 0 amide bonds. The van der Waals surface area contributed by atoms with Crippen molar-refractivity contribution in [1.82, 2.24) is 24.6 Å². The molecule has 1 aliphatic carbocycles. The fourth-order valence-electron chi connectivity index (χ4n) is 3.70. The molecule has 2 N–H and O–H groups in total. The van der Waals surface area contributed by atoms with E-state index < -0.39 is 0 Å². The molecule has 1 aliphatic rings. The maximum Gasteiger partial charge on any atom is 0.127 e. The maximum atomic E-state index is 10.4. The van der Waals surface area contributed by atoms with Crippen LogP contribution in [0.15, 0.2) is 55.1 Å². The lowest BCUT2D eigenvalue weighted by molar-refractivity contribution is 0.145. The molecule has 136 valence electrons. The van der Waals surface area contributed by atoms with Gasteiger partial charge >= 0.3 is 0 Å². The third-order valence-electron chi connectivity index (χ3n) is 4.95. The van der Waals surface area contributed by atoms with E-state index in [2.05, 4.69) is 32.1 Å². The van der Waals surface area contributed by atoms with E-state index >= 15 is 0 Å². The van der Waals surface area contributed by atoms with Gasteiger partial charge in [-0.1, -0.05) is 29.8 Å². The molecular formula is C19H22ClN5O. The Balaban J connectivity index is 1.36. The number of aliphatic hydroxyl groups is 1. The van der Waals surface area contributed by atoms with Crippen molar-refractivity contribution in [2.45, 2.75) is 38.1 Å². The molecule has 1 saturated carbocycles. The quantitative estimate of drug-likeness (QED) is 0.699. The summed E-state index contributed by atoms with van der Waals surface area (Å²) in [7, 11) is 0. The van der Waals surface area contributed by atoms with E-state index in [9.17, 15) is 5.11 Å². The van der Waals surface area contributed by atoms with Crippen LogP contribution in [-0.4, -0.2) is 36.6 Å². The van der Waals surface area contributed by atoms with Crippen molar-refractivity contribution in [2.75, 3.05) is 0 Å². The van der Waals surface area contributed by atoms with Gasteiger partial charge in [0.25, 0.3) is 0 Å². The predicted molar refractivity (Wildman–Crippen MR) is 100 cm³/mol. The van der Waals surface area contributed by atoms with Gasteiger partial charge in [0.15, 0.2) is 0 Å². The third kappa shape index (κ3) is 3.82. The van der Waals surface area contributed by atoms with Crippen LogP contribution in [0.5, 0.6) is 0 Å². The Bertz CT molecular complexity index is 847. The second-order valence-corrected chi connectivity index (χ2v) is 7.26. The minimum Gasteiger partial charge on any atom is -0.391 e. The molecule has 1 aromatic carbocycles. The van der Waals surface area contributed by atoms with Gasteiger partial charge in [0, 0.05) is 36.9 Å². The zero-order valence-corrected chi connectivity index (χ0v) is 15.1. The fraction of sp³-hybridized carbons (Fsp3) is 0.368. The van der Waals surface area contributed by atoms with E-state index in [1.165, 1.54) is 0 Å². The van der Waals surface area contributed by atoms with Gasteiger partial charge in [-0.15, -0.1) is 0 Å². The average Bonchev–Trinajstić information content (AvgIpc) is 3.35. The Kier molecular flexibility index (Phi) is 5.06. The van der Waals surface area contributed by atoms with Crippen molar-refractivity contribution in [3.63, 3.8) is 0 Å². The molecule has 0 radical (unpaired) electrons. The number of aromatic nitrogens is 4. The van der Waals surface area contributed by atoms with Crippen LogP contribution in [0.3, 0.4) is 0 Å². The summed E-state index contributed by atoms with van der Waals surface area (Å²) in [6.07, 6.45) is 8.55. The molecule has 0 saturated heterocycles. The summed E-state index contributed by atoms with van der Waals surface area (Å²) in [5.41, 5.74) is 1.09. The molecule has 0 aliphatic heterocycles. The van der Waals surface area contributed by atoms with Gasteiger partial charge in [-0.25, -0.2) is 4.98 Å². The number of hydrogen-bond donors (Lipinski definition) is 2. The van der Waals surface area contributed by atoms with Gasteiger partial charge in [0.2, 0.25) is 0 Å². The van der Waals surface area contributed by atoms with Crippen LogP contribution < -0.4 is 5.32 Å². The molecule has 6 nitrogen and oxygen atoms in total. The van der Waals surface area contributed by atoms with E-state index in [1.54, 1.807) is 12.4 Å². The van der Waals surface area contributed by atoms with Crippen molar-refractivity contribution in [2.24, 2.45) is 5.92 Å². The number of para-hydroxylation sites is 1. The Morgan fingerprint density at radius 1 is 1.23 bits per heavy atom. The zero-order chi connectivity index (χ0) is 17.9. The normalized spacial score (nSPS) is 22.8. The van der Waals surface area contributed by atoms with Crippen molar-refractivity contribution in [3.05, 3.63) is 66.0 Å². The number of halogens is 1. The second-order valence-electron chi connectivity index (χ2n) is 6.82. The molecule has 2 heterocycles. The lowest BCUT2D eigenvalue weighted by Crippen LogP contribution is -2.35. The number of hydrogen-bond acceptors (Lipinski definition) is 4. The van der Waals surface area contributed by atoms with Crippen LogP contribution in [0.2, 0.25) is 5.02 Å². The predicted octanol–water partition coefficient (Wildman–Crippen LogP) is 2.65. The molecule has 2 aromatic heterocycles. The monoisotopic (exact) mass is 371 g/mol. The maximum absolute atomic E-state index is 10.4. The first-order chi connectivity index (χ1) is 12.7. The van der Waals surface area contributed by atoms with Gasteiger partial charge in [-0.3, -0.25) is 4.68 Å². The van der Waals surface area contributed by atoms with Gasteiger partial charge in [0.1, 0.15) is 5.82 Å². The molecule has 7 heteroatoms. The van der Waals surface area contributed by atoms with Crippen LogP contribution >= 0.6 is 11.6 Å². The topological polar surface area (TPSA) is 67.9 Å². The summed E-state index contributed by atoms with van der Waals surface area (Å²) in [6, 6.07) is 10.2. The Hall–Kier alpha value is -2.15. The van der Waals surface area contributed by atoms with Crippen molar-refractivity contribution < 1.29 is 5.11 Å². The molecule has 0 spiro atoms. The van der Waals surface area contributed by atoms with Crippen molar-refractivity contribution in [1.29, 1.82) is 0 Å². The number of nitrogens with one attached hydrogen (secondary N) is 1. The van der Waals surface area contributed by atoms with Crippen LogP contribution in [-0.2, 0) is 13.1 Å². The molecule has 1 fully saturated rings. The molecule has 3 atom stereocenters. The molecule has 0 bridgehead atoms. The Morgan fingerprint density at radius 3 is 2.85 bits per heavy atom. The molecule has 1 unspecified atom stereocenters. The largest absolute Gasteiger partial charge is 0.391 e. The van der Waals surface area contributed by atoms with Gasteiger partial charge in [-0.2, -0.15) is 5.10 Å². The lowest BCUT2D eigenvalue weighted by atomic mass is 10.1. The summed E-state index contributed by atoms with van der Waals surface area (Å²) < 4.78 is 3.92. The highest BCUT2D eigenvalue weighted by Crippen LogP contribution is 2.28. The van der Waals surface area contributed by atoms with Gasteiger partial charge in [0.05, 0.1) is 23.9 Å². The Morgan fingerprint density at radius 2 is 2.08 bits per heavy atom. The average molecular weight is 372 g/mol. The number of nitrogens with zero attached hydrogens (tertiary/aromatic N) is 4. The van der Waals surface area contributed by atoms with Crippen molar-refractivity contribution >= 4 is 11.6 Å². The summed E-state index contributed by atoms with van der Waals surface area (Å²) in [4.78, 5) is 4.46. The van der Waals surface area contributed by atoms with Crippen LogP contribution in [0.1, 0.15) is 18.7 Å². The summed E-state index contributed by atoms with van der Waals surface area (Å²) in [5.74, 6) is 1.32. The highest BCUT2D eigenvalue weighted by atomic mass is 35.5. The first kappa shape index (κ1) is 17.3. The number of aliphatic hydroxyl groups excluding tert-OH is 1. The molecule has 3 aromatic rings. The smallest absolute Gasteiger partial charge is 0.127 e. The van der Waals surface area contributed by atoms with E-state index in [4.69, 9.17) is 11.6 Å². The molecular weight excluding hydrogens is 350 g/mol. The van der Waals surface area contributed by atoms with Gasteiger partial charge in [-0.05, 0) is 30.9 Å². The van der Waals surface area contributed by atoms with Crippen LogP contribution in [0, 0.1) is 5.92 Å². The number of benzene rings is 1. The standard InChI is InChI=1S/C19H22ClN5O/c20-15-10-23-24(13-15)12-14-8-17(18(26)9-14)22-11-19-21-6-7-25(19)16-4-2-1-3-5-16/h1-7,10,13-14,17-18,22,26H,8-9,11-12H2/t14?,17-,18-/m1/s1. The van der Waals surface area contributed by atoms with Crippen LogP contribution in [0.25, 0.3) is 5.69 Å². The summed E-state index contributed by atoms with van der Waals surface area (Å²) >= 11 is 5.92. The minimum atomic E-state index is -0.355. The van der Waals surface area contributed by atoms with Gasteiger partial charge < -0.3 is 15.0 Å². The second kappa shape index (κ2) is 7.61. The number of imidazole rings is 1. The highest BCUT2D eigenvalue weighted by Gasteiger charge is 2.33. The van der Waals surface area contributed by atoms with E-state index in [0.29, 0.717) is 17.5 Å². The highest BCUT2D eigenvalue weighted by molar-refractivity contribution is 6.30. The summed E-state index contributed by atoms with van der Waals surface area (Å²) in [5, 5.41) is 18.8. The SMILES string of the molecule is O[C@@H]1CC(Cn2cc(Cl)cn2)C[C@H]1NCc1nccn1-c1ccccc1. The zero-order valence-electron chi connectivity index (χ0n) is 14.4. The molecule has 26 heavy (non-hydrogen) atoms. The minimum absolute atomic E-state index is 0.0620.